The first-order chi connectivity index (χ1) is 8.15. The Bertz CT molecular complexity index is 436. The molecule has 0 radical (unpaired) electrons. The standard InChI is InChI=1S/C12H15F2N3/c13-11(14)10-9(15)5-16-12(17-10)8-4-6-1-2-7(8)3-6/h5-8,11H,1-4,15H2. The van der Waals surface area contributed by atoms with Crippen LogP contribution < -0.4 is 5.73 Å². The number of alkyl halides is 2. The second-order valence-electron chi connectivity index (χ2n) is 5.15. The highest BCUT2D eigenvalue weighted by molar-refractivity contribution is 5.41. The fraction of sp³-hybridized carbons (Fsp3) is 0.667. The Morgan fingerprint density at radius 2 is 2.12 bits per heavy atom. The molecule has 3 nitrogen and oxygen atoms in total. The van der Waals surface area contributed by atoms with Crippen LogP contribution in [-0.2, 0) is 0 Å². The van der Waals surface area contributed by atoms with Gasteiger partial charge in [-0.3, -0.25) is 0 Å². The van der Waals surface area contributed by atoms with Gasteiger partial charge in [0.2, 0.25) is 0 Å². The second-order valence-corrected chi connectivity index (χ2v) is 5.15. The van der Waals surface area contributed by atoms with E-state index < -0.39 is 6.43 Å². The second kappa shape index (κ2) is 3.89. The summed E-state index contributed by atoms with van der Waals surface area (Å²) < 4.78 is 25.4. The van der Waals surface area contributed by atoms with E-state index in [9.17, 15) is 8.78 Å². The van der Waals surface area contributed by atoms with Gasteiger partial charge in [0, 0.05) is 5.92 Å². The van der Waals surface area contributed by atoms with Crippen LogP contribution in [0, 0.1) is 11.8 Å². The van der Waals surface area contributed by atoms with E-state index in [0.717, 1.165) is 12.3 Å². The molecule has 0 amide bonds. The molecule has 3 atom stereocenters. The fourth-order valence-corrected chi connectivity index (χ4v) is 3.33. The van der Waals surface area contributed by atoms with Crippen LogP contribution in [0.15, 0.2) is 6.20 Å². The molecule has 17 heavy (non-hydrogen) atoms. The van der Waals surface area contributed by atoms with Gasteiger partial charge in [0.1, 0.15) is 11.5 Å². The number of aromatic nitrogens is 2. The number of hydrogen-bond donors (Lipinski definition) is 1. The Kier molecular flexibility index (Phi) is 2.49. The Hall–Kier alpha value is -1.26. The number of rotatable bonds is 2. The lowest BCUT2D eigenvalue weighted by Crippen LogP contribution is -2.14. The summed E-state index contributed by atoms with van der Waals surface area (Å²) in [5.41, 5.74) is 5.14. The van der Waals surface area contributed by atoms with Crippen LogP contribution in [0.2, 0.25) is 0 Å². The van der Waals surface area contributed by atoms with Crippen LogP contribution in [0.3, 0.4) is 0 Å². The quantitative estimate of drug-likeness (QED) is 0.863. The smallest absolute Gasteiger partial charge is 0.282 e. The van der Waals surface area contributed by atoms with Crippen molar-refractivity contribution in [2.75, 3.05) is 5.73 Å². The van der Waals surface area contributed by atoms with E-state index in [4.69, 9.17) is 5.73 Å². The minimum atomic E-state index is -2.62. The van der Waals surface area contributed by atoms with Gasteiger partial charge in [-0.2, -0.15) is 0 Å². The summed E-state index contributed by atoms with van der Waals surface area (Å²) in [5, 5.41) is 0. The normalized spacial score (nSPS) is 31.4. The first-order valence-electron chi connectivity index (χ1n) is 6.05. The van der Waals surface area contributed by atoms with E-state index in [-0.39, 0.29) is 17.3 Å². The third-order valence-electron chi connectivity index (χ3n) is 4.14. The zero-order chi connectivity index (χ0) is 12.0. The van der Waals surface area contributed by atoms with Gasteiger partial charge in [0.15, 0.2) is 0 Å². The summed E-state index contributed by atoms with van der Waals surface area (Å²) in [5.74, 6) is 2.18. The third-order valence-corrected chi connectivity index (χ3v) is 4.14. The molecule has 5 heteroatoms. The lowest BCUT2D eigenvalue weighted by molar-refractivity contribution is 0.146. The molecule has 2 aliphatic carbocycles. The molecular formula is C12H15F2N3. The highest BCUT2D eigenvalue weighted by atomic mass is 19.3. The van der Waals surface area contributed by atoms with Gasteiger partial charge in [0.05, 0.1) is 11.9 Å². The van der Waals surface area contributed by atoms with Crippen molar-refractivity contribution in [2.24, 2.45) is 11.8 Å². The maximum absolute atomic E-state index is 12.7. The van der Waals surface area contributed by atoms with Crippen molar-refractivity contribution in [1.29, 1.82) is 0 Å². The number of halogens is 2. The summed E-state index contributed by atoms with van der Waals surface area (Å²) >= 11 is 0. The summed E-state index contributed by atoms with van der Waals surface area (Å²) in [6.07, 6.45) is 3.44. The number of fused-ring (bicyclic) bond motifs is 2. The maximum atomic E-state index is 12.7. The molecule has 3 rings (SSSR count). The summed E-state index contributed by atoms with van der Waals surface area (Å²) in [6, 6.07) is 0. The summed E-state index contributed by atoms with van der Waals surface area (Å²) in [7, 11) is 0. The van der Waals surface area contributed by atoms with E-state index >= 15 is 0 Å². The Labute approximate surface area is 98.4 Å². The van der Waals surface area contributed by atoms with Crippen LogP contribution in [0.25, 0.3) is 0 Å². The third kappa shape index (κ3) is 1.77. The zero-order valence-electron chi connectivity index (χ0n) is 9.44. The fourth-order valence-electron chi connectivity index (χ4n) is 3.33. The molecule has 0 spiro atoms. The van der Waals surface area contributed by atoms with Gasteiger partial charge in [-0.25, -0.2) is 18.7 Å². The van der Waals surface area contributed by atoms with E-state index in [0.29, 0.717) is 11.7 Å². The average molecular weight is 239 g/mol. The Morgan fingerprint density at radius 1 is 1.29 bits per heavy atom. The zero-order valence-corrected chi connectivity index (χ0v) is 9.44. The molecule has 2 bridgehead atoms. The van der Waals surface area contributed by atoms with Crippen molar-refractivity contribution in [1.82, 2.24) is 9.97 Å². The number of nitrogens with zero attached hydrogens (tertiary/aromatic N) is 2. The van der Waals surface area contributed by atoms with Crippen molar-refractivity contribution >= 4 is 5.69 Å². The molecule has 2 aliphatic rings. The molecule has 0 aliphatic heterocycles. The highest BCUT2D eigenvalue weighted by Crippen LogP contribution is 2.52. The minimum Gasteiger partial charge on any atom is -0.396 e. The maximum Gasteiger partial charge on any atom is 0.282 e. The Morgan fingerprint density at radius 3 is 2.71 bits per heavy atom. The van der Waals surface area contributed by atoms with Crippen molar-refractivity contribution in [2.45, 2.75) is 38.0 Å². The molecule has 1 heterocycles. The van der Waals surface area contributed by atoms with Crippen molar-refractivity contribution in [3.8, 4) is 0 Å². The molecular weight excluding hydrogens is 224 g/mol. The van der Waals surface area contributed by atoms with Gasteiger partial charge in [-0.1, -0.05) is 6.42 Å². The molecule has 2 N–H and O–H groups in total. The van der Waals surface area contributed by atoms with E-state index in [1.165, 1.54) is 25.5 Å². The van der Waals surface area contributed by atoms with Crippen LogP contribution in [0.1, 0.15) is 49.5 Å². The molecule has 0 saturated heterocycles. The lowest BCUT2D eigenvalue weighted by atomic mass is 9.88. The van der Waals surface area contributed by atoms with Crippen LogP contribution in [0.4, 0.5) is 14.5 Å². The van der Waals surface area contributed by atoms with Gasteiger partial charge in [-0.15, -0.1) is 0 Å². The summed E-state index contributed by atoms with van der Waals surface area (Å²) in [4.78, 5) is 8.14. The Balaban J connectivity index is 1.91. The van der Waals surface area contributed by atoms with E-state index in [1.54, 1.807) is 0 Å². The first kappa shape index (κ1) is 10.9. The number of anilines is 1. The molecule has 2 saturated carbocycles. The van der Waals surface area contributed by atoms with Gasteiger partial charge in [0.25, 0.3) is 6.43 Å². The van der Waals surface area contributed by atoms with Crippen molar-refractivity contribution < 1.29 is 8.78 Å². The predicted octanol–water partition coefficient (Wildman–Crippen LogP) is 2.90. The van der Waals surface area contributed by atoms with E-state index in [2.05, 4.69) is 9.97 Å². The topological polar surface area (TPSA) is 51.8 Å². The largest absolute Gasteiger partial charge is 0.396 e. The van der Waals surface area contributed by atoms with E-state index in [1.807, 2.05) is 0 Å². The molecule has 3 unspecified atom stereocenters. The van der Waals surface area contributed by atoms with Crippen LogP contribution >= 0.6 is 0 Å². The number of nitrogen functional groups attached to an aromatic ring is 1. The van der Waals surface area contributed by atoms with Gasteiger partial charge < -0.3 is 5.73 Å². The highest BCUT2D eigenvalue weighted by Gasteiger charge is 2.41. The molecule has 1 aromatic rings. The number of hydrogen-bond acceptors (Lipinski definition) is 3. The average Bonchev–Trinajstić information content (AvgIpc) is 2.91. The molecule has 2 fully saturated rings. The molecule has 0 aromatic carbocycles. The van der Waals surface area contributed by atoms with Gasteiger partial charge >= 0.3 is 0 Å². The predicted molar refractivity (Wildman–Crippen MR) is 59.6 cm³/mol. The molecule has 1 aromatic heterocycles. The summed E-state index contributed by atoms with van der Waals surface area (Å²) in [6.45, 7) is 0. The van der Waals surface area contributed by atoms with Crippen molar-refractivity contribution in [3.63, 3.8) is 0 Å². The SMILES string of the molecule is Nc1cnc(C2CC3CCC2C3)nc1C(F)F. The minimum absolute atomic E-state index is 0.00749. The number of nitrogens with two attached hydrogens (primary N) is 1. The van der Waals surface area contributed by atoms with Crippen LogP contribution in [-0.4, -0.2) is 9.97 Å². The first-order valence-corrected chi connectivity index (χ1v) is 6.05. The van der Waals surface area contributed by atoms with Crippen molar-refractivity contribution in [3.05, 3.63) is 17.7 Å². The molecule has 92 valence electrons. The lowest BCUT2D eigenvalue weighted by Gasteiger charge is -2.20. The van der Waals surface area contributed by atoms with Crippen LogP contribution in [0.5, 0.6) is 0 Å². The van der Waals surface area contributed by atoms with Gasteiger partial charge in [-0.05, 0) is 31.1 Å². The monoisotopic (exact) mass is 239 g/mol.